The Bertz CT molecular complexity index is 1110. The molecule has 6 nitrogen and oxygen atoms in total. The number of amides is 2. The molecular weight excluding hydrogens is 531 g/mol. The SMILES string of the molecule is CC(=O)N1CCCC(CC(=O)N2CCN(C(c3ccccc3)C3C=CC(OC(F)(F)F)=CC3)C[C@@H]2C(C)(C)C)CC1. The van der Waals surface area contributed by atoms with Gasteiger partial charge in [-0.2, -0.15) is 0 Å². The lowest BCUT2D eigenvalue weighted by atomic mass is 9.81. The summed E-state index contributed by atoms with van der Waals surface area (Å²) in [6.07, 6.45) is 3.72. The molecule has 3 aliphatic rings. The lowest BCUT2D eigenvalue weighted by molar-refractivity contribution is -0.303. The molecule has 41 heavy (non-hydrogen) atoms. The number of alkyl halides is 3. The lowest BCUT2D eigenvalue weighted by Gasteiger charge is -2.50. The second kappa shape index (κ2) is 13.0. The van der Waals surface area contributed by atoms with Crippen LogP contribution in [0.25, 0.3) is 0 Å². The summed E-state index contributed by atoms with van der Waals surface area (Å²) in [7, 11) is 0. The highest BCUT2D eigenvalue weighted by Gasteiger charge is 2.42. The average Bonchev–Trinajstić information content (AvgIpc) is 3.15. The number of nitrogens with zero attached hydrogens (tertiary/aromatic N) is 3. The molecule has 2 fully saturated rings. The fraction of sp³-hybridized carbons (Fsp3) is 0.625. The fourth-order valence-corrected chi connectivity index (χ4v) is 6.58. The minimum atomic E-state index is -4.71. The van der Waals surface area contributed by atoms with E-state index in [1.807, 2.05) is 29.2 Å². The number of piperazine rings is 1. The molecule has 0 N–H and O–H groups in total. The number of carbonyl (C=O) groups excluding carboxylic acids is 2. The Morgan fingerprint density at radius 1 is 1.02 bits per heavy atom. The van der Waals surface area contributed by atoms with Crippen LogP contribution >= 0.6 is 0 Å². The standard InChI is InChI=1S/C32H44F3N3O3/c1-23(39)36-17-8-9-24(16-18-36)21-29(40)38-20-19-37(22-28(38)31(2,3)4)30(25-10-6-5-7-11-25)26-12-14-27(15-13-26)41-32(33,34)35/h5-7,10-12,14-15,24,26,28,30H,8-9,13,16-22H2,1-4H3/t24?,26?,28-,30?/m1/s1. The van der Waals surface area contributed by atoms with Gasteiger partial charge in [-0.3, -0.25) is 14.5 Å². The van der Waals surface area contributed by atoms with Gasteiger partial charge < -0.3 is 14.5 Å². The van der Waals surface area contributed by atoms with Crippen molar-refractivity contribution in [1.29, 1.82) is 0 Å². The van der Waals surface area contributed by atoms with E-state index in [1.54, 1.807) is 6.92 Å². The Balaban J connectivity index is 1.49. The summed E-state index contributed by atoms with van der Waals surface area (Å²) >= 11 is 0. The van der Waals surface area contributed by atoms with Crippen LogP contribution < -0.4 is 0 Å². The second-order valence-electron chi connectivity index (χ2n) is 12.7. The summed E-state index contributed by atoms with van der Waals surface area (Å²) in [5.74, 6) is 0.345. The highest BCUT2D eigenvalue weighted by atomic mass is 19.4. The third kappa shape index (κ3) is 8.37. The van der Waals surface area contributed by atoms with Crippen LogP contribution in [0, 0.1) is 17.3 Å². The first-order valence-electron chi connectivity index (χ1n) is 14.8. The Kier molecular flexibility index (Phi) is 9.88. The molecule has 2 amide bonds. The van der Waals surface area contributed by atoms with Gasteiger partial charge in [-0.15, -0.1) is 13.2 Å². The van der Waals surface area contributed by atoms with Crippen LogP contribution in [0.1, 0.15) is 71.4 Å². The molecule has 0 aromatic heterocycles. The molecule has 3 unspecified atom stereocenters. The summed E-state index contributed by atoms with van der Waals surface area (Å²) in [5, 5.41) is 0. The maximum atomic E-state index is 13.8. The van der Waals surface area contributed by atoms with Gasteiger partial charge in [0.1, 0.15) is 5.76 Å². The first-order valence-corrected chi connectivity index (χ1v) is 14.8. The van der Waals surface area contributed by atoms with E-state index < -0.39 is 6.36 Å². The molecule has 2 aliphatic heterocycles. The lowest BCUT2D eigenvalue weighted by Crippen LogP contribution is -2.60. The quantitative estimate of drug-likeness (QED) is 0.398. The van der Waals surface area contributed by atoms with Crippen molar-refractivity contribution in [2.45, 2.75) is 78.2 Å². The molecule has 0 bridgehead atoms. The number of ether oxygens (including phenoxy) is 1. The number of rotatable bonds is 6. The summed E-state index contributed by atoms with van der Waals surface area (Å²) in [6.45, 7) is 11.5. The Morgan fingerprint density at radius 3 is 2.37 bits per heavy atom. The fourth-order valence-electron chi connectivity index (χ4n) is 6.58. The topological polar surface area (TPSA) is 53.1 Å². The zero-order valence-electron chi connectivity index (χ0n) is 24.7. The van der Waals surface area contributed by atoms with Crippen molar-refractivity contribution in [3.05, 3.63) is 59.9 Å². The molecule has 0 spiro atoms. The number of carbonyl (C=O) groups is 2. The highest BCUT2D eigenvalue weighted by molar-refractivity contribution is 5.77. The summed E-state index contributed by atoms with van der Waals surface area (Å²) in [4.78, 5) is 32.0. The number of benzene rings is 1. The third-order valence-corrected chi connectivity index (χ3v) is 8.76. The number of hydrogen-bond donors (Lipinski definition) is 0. The number of allylic oxidation sites excluding steroid dienone is 2. The minimum Gasteiger partial charge on any atom is -0.406 e. The second-order valence-corrected chi connectivity index (χ2v) is 12.7. The number of hydrogen-bond acceptors (Lipinski definition) is 4. The Morgan fingerprint density at radius 2 is 1.76 bits per heavy atom. The highest BCUT2D eigenvalue weighted by Crippen LogP contribution is 2.39. The molecule has 226 valence electrons. The van der Waals surface area contributed by atoms with Gasteiger partial charge in [0, 0.05) is 64.1 Å². The summed E-state index contributed by atoms with van der Waals surface area (Å²) in [5.41, 5.74) is 0.942. The minimum absolute atomic E-state index is 0.0123. The number of likely N-dealkylation sites (tertiary alicyclic amines) is 1. The van der Waals surface area contributed by atoms with Crippen molar-refractivity contribution in [1.82, 2.24) is 14.7 Å². The largest absolute Gasteiger partial charge is 0.573 e. The molecule has 4 rings (SSSR count). The van der Waals surface area contributed by atoms with E-state index >= 15 is 0 Å². The monoisotopic (exact) mass is 575 g/mol. The van der Waals surface area contributed by atoms with E-state index in [-0.39, 0.29) is 46.9 Å². The molecular formula is C32H44F3N3O3. The van der Waals surface area contributed by atoms with E-state index in [1.165, 1.54) is 12.2 Å². The average molecular weight is 576 g/mol. The maximum absolute atomic E-state index is 13.8. The van der Waals surface area contributed by atoms with Crippen LogP contribution in [0.5, 0.6) is 0 Å². The molecule has 0 radical (unpaired) electrons. The van der Waals surface area contributed by atoms with Gasteiger partial charge >= 0.3 is 6.36 Å². The van der Waals surface area contributed by atoms with Crippen molar-refractivity contribution >= 4 is 11.8 Å². The molecule has 0 saturated carbocycles. The van der Waals surface area contributed by atoms with Gasteiger partial charge in [-0.1, -0.05) is 57.2 Å². The molecule has 1 aromatic carbocycles. The molecule has 4 atom stereocenters. The van der Waals surface area contributed by atoms with Gasteiger partial charge in [0.25, 0.3) is 0 Å². The van der Waals surface area contributed by atoms with E-state index in [2.05, 4.69) is 47.4 Å². The predicted octanol–water partition coefficient (Wildman–Crippen LogP) is 6.32. The first-order chi connectivity index (χ1) is 19.3. The van der Waals surface area contributed by atoms with Crippen molar-refractivity contribution in [2.24, 2.45) is 17.3 Å². The molecule has 2 heterocycles. The van der Waals surface area contributed by atoms with Crippen LogP contribution in [-0.2, 0) is 14.3 Å². The van der Waals surface area contributed by atoms with E-state index in [9.17, 15) is 22.8 Å². The van der Waals surface area contributed by atoms with E-state index in [4.69, 9.17) is 0 Å². The first kappa shape index (κ1) is 31.1. The maximum Gasteiger partial charge on any atom is 0.573 e. The Hall–Kier alpha value is -2.81. The zero-order chi connectivity index (χ0) is 29.8. The molecule has 1 aromatic rings. The van der Waals surface area contributed by atoms with Crippen molar-refractivity contribution in [3.63, 3.8) is 0 Å². The summed E-state index contributed by atoms with van der Waals surface area (Å²) in [6, 6.07) is 10.0. The zero-order valence-corrected chi connectivity index (χ0v) is 24.7. The normalized spacial score (nSPS) is 25.3. The van der Waals surface area contributed by atoms with Gasteiger partial charge in [0.2, 0.25) is 11.8 Å². The van der Waals surface area contributed by atoms with Crippen LogP contribution in [0.15, 0.2) is 54.3 Å². The Labute approximate surface area is 242 Å². The third-order valence-electron chi connectivity index (χ3n) is 8.76. The smallest absolute Gasteiger partial charge is 0.406 e. The van der Waals surface area contributed by atoms with Crippen molar-refractivity contribution in [2.75, 3.05) is 32.7 Å². The number of halogens is 3. The van der Waals surface area contributed by atoms with Gasteiger partial charge in [-0.25, -0.2) is 0 Å². The van der Waals surface area contributed by atoms with Crippen LogP contribution in [-0.4, -0.2) is 71.6 Å². The predicted molar refractivity (Wildman–Crippen MR) is 152 cm³/mol. The van der Waals surface area contributed by atoms with Crippen molar-refractivity contribution in [3.8, 4) is 0 Å². The molecule has 1 aliphatic carbocycles. The van der Waals surface area contributed by atoms with E-state index in [0.29, 0.717) is 39.0 Å². The summed E-state index contributed by atoms with van der Waals surface area (Å²) < 4.78 is 42.5. The van der Waals surface area contributed by atoms with Gasteiger partial charge in [-0.05, 0) is 54.7 Å². The van der Waals surface area contributed by atoms with Crippen molar-refractivity contribution < 1.29 is 27.5 Å². The van der Waals surface area contributed by atoms with Gasteiger partial charge in [0.15, 0.2) is 0 Å². The van der Waals surface area contributed by atoms with Gasteiger partial charge in [0.05, 0.1) is 0 Å². The van der Waals surface area contributed by atoms with Crippen LogP contribution in [0.4, 0.5) is 13.2 Å². The van der Waals surface area contributed by atoms with E-state index in [0.717, 1.165) is 31.4 Å². The molecule has 9 heteroatoms. The van der Waals surface area contributed by atoms with Crippen LogP contribution in [0.2, 0.25) is 0 Å². The molecule has 2 saturated heterocycles. The van der Waals surface area contributed by atoms with Crippen LogP contribution in [0.3, 0.4) is 0 Å².